The summed E-state index contributed by atoms with van der Waals surface area (Å²) in [7, 11) is 1.79. The second-order valence-corrected chi connectivity index (χ2v) is 10.0. The Labute approximate surface area is 214 Å². The van der Waals surface area contributed by atoms with Gasteiger partial charge in [-0.3, -0.25) is 9.59 Å². The van der Waals surface area contributed by atoms with E-state index in [1.54, 1.807) is 30.7 Å². The van der Waals surface area contributed by atoms with Gasteiger partial charge in [-0.25, -0.2) is 0 Å². The number of amides is 2. The number of carbonyl (C=O) groups excluding carboxylic acids is 2. The molecule has 0 bridgehead atoms. The lowest BCUT2D eigenvalue weighted by Crippen LogP contribution is -2.28. The Kier molecular flexibility index (Phi) is 8.44. The van der Waals surface area contributed by atoms with Gasteiger partial charge in [-0.2, -0.15) is 0 Å². The van der Waals surface area contributed by atoms with E-state index in [2.05, 4.69) is 36.8 Å². The van der Waals surface area contributed by atoms with E-state index in [0.29, 0.717) is 21.6 Å². The van der Waals surface area contributed by atoms with Crippen LogP contribution in [0.15, 0.2) is 40.0 Å². The zero-order valence-electron chi connectivity index (χ0n) is 18.4. The molecule has 0 fully saturated rings. The number of anilines is 1. The van der Waals surface area contributed by atoms with Crippen molar-refractivity contribution in [2.45, 2.75) is 32.0 Å². The summed E-state index contributed by atoms with van der Waals surface area (Å²) in [6, 6.07) is 8.03. The fourth-order valence-electron chi connectivity index (χ4n) is 3.08. The third kappa shape index (κ3) is 6.09. The maximum absolute atomic E-state index is 12.6. The van der Waals surface area contributed by atoms with Crippen LogP contribution in [0.4, 0.5) is 5.69 Å². The van der Waals surface area contributed by atoms with Gasteiger partial charge in [0.25, 0.3) is 5.91 Å². The first-order valence-electron chi connectivity index (χ1n) is 9.92. The predicted octanol–water partition coefficient (Wildman–Crippen LogP) is 5.72. The van der Waals surface area contributed by atoms with E-state index in [1.165, 1.54) is 17.8 Å². The van der Waals surface area contributed by atoms with Crippen LogP contribution >= 0.6 is 50.9 Å². The van der Waals surface area contributed by atoms with Crippen LogP contribution in [-0.4, -0.2) is 32.3 Å². The molecule has 0 aliphatic rings. The van der Waals surface area contributed by atoms with Crippen molar-refractivity contribution < 1.29 is 9.59 Å². The molecule has 1 heterocycles. The maximum Gasteiger partial charge on any atom is 0.253 e. The van der Waals surface area contributed by atoms with Gasteiger partial charge in [0, 0.05) is 22.2 Å². The van der Waals surface area contributed by atoms with E-state index < -0.39 is 6.04 Å². The van der Waals surface area contributed by atoms with Crippen LogP contribution in [0.2, 0.25) is 10.0 Å². The minimum atomic E-state index is -0.432. The highest BCUT2D eigenvalue weighted by Gasteiger charge is 2.20. The van der Waals surface area contributed by atoms with E-state index in [1.807, 2.05) is 26.0 Å². The van der Waals surface area contributed by atoms with Gasteiger partial charge in [-0.15, -0.1) is 10.2 Å². The van der Waals surface area contributed by atoms with Gasteiger partial charge in [-0.1, -0.05) is 50.9 Å². The smallest absolute Gasteiger partial charge is 0.253 e. The normalized spacial score (nSPS) is 11.8. The number of hydrogen-bond donors (Lipinski definition) is 2. The molecule has 2 N–H and O–H groups in total. The molecule has 11 heteroatoms. The van der Waals surface area contributed by atoms with Gasteiger partial charge in [-0.05, 0) is 62.2 Å². The van der Waals surface area contributed by atoms with E-state index >= 15 is 0 Å². The number of thioether (sulfide) groups is 1. The second kappa shape index (κ2) is 10.9. The van der Waals surface area contributed by atoms with Crippen molar-refractivity contribution >= 4 is 68.4 Å². The van der Waals surface area contributed by atoms with Crippen LogP contribution in [0.5, 0.6) is 0 Å². The summed E-state index contributed by atoms with van der Waals surface area (Å²) in [5.41, 5.74) is 3.18. The molecule has 0 unspecified atom stereocenters. The first-order valence-corrected chi connectivity index (χ1v) is 12.5. The van der Waals surface area contributed by atoms with Crippen LogP contribution in [0.1, 0.15) is 40.3 Å². The molecule has 2 amide bonds. The van der Waals surface area contributed by atoms with Crippen molar-refractivity contribution in [3.05, 3.63) is 67.4 Å². The predicted molar refractivity (Wildman–Crippen MR) is 136 cm³/mol. The molecule has 174 valence electrons. The number of nitrogens with zero attached hydrogens (tertiary/aromatic N) is 3. The molecule has 2 aromatic carbocycles. The second-order valence-electron chi connectivity index (χ2n) is 7.40. The minimum Gasteiger partial charge on any atom is -0.342 e. The highest BCUT2D eigenvalue weighted by Crippen LogP contribution is 2.27. The largest absolute Gasteiger partial charge is 0.342 e. The highest BCUT2D eigenvalue weighted by atomic mass is 79.9. The molecule has 1 aromatic heterocycles. The molecule has 0 radical (unpaired) electrons. The molecule has 1 atom stereocenters. The molecule has 0 aliphatic carbocycles. The lowest BCUT2D eigenvalue weighted by Gasteiger charge is -2.14. The molecule has 7 nitrogen and oxygen atoms in total. The van der Waals surface area contributed by atoms with Crippen LogP contribution in [0, 0.1) is 13.8 Å². The van der Waals surface area contributed by atoms with Gasteiger partial charge in [0.15, 0.2) is 11.0 Å². The Balaban J connectivity index is 1.61. The molecule has 3 aromatic rings. The van der Waals surface area contributed by atoms with Crippen molar-refractivity contribution in [2.24, 2.45) is 7.05 Å². The summed E-state index contributed by atoms with van der Waals surface area (Å²) >= 11 is 16.8. The van der Waals surface area contributed by atoms with E-state index in [-0.39, 0.29) is 22.6 Å². The van der Waals surface area contributed by atoms with Gasteiger partial charge in [0.2, 0.25) is 5.91 Å². The fraction of sp³-hybridized carbons (Fsp3) is 0.273. The lowest BCUT2D eigenvalue weighted by molar-refractivity contribution is -0.113. The summed E-state index contributed by atoms with van der Waals surface area (Å²) in [4.78, 5) is 25.0. The third-order valence-corrected chi connectivity index (χ3v) is 7.53. The lowest BCUT2D eigenvalue weighted by atomic mass is 10.1. The van der Waals surface area contributed by atoms with E-state index in [9.17, 15) is 9.59 Å². The third-order valence-electron chi connectivity index (χ3n) is 5.11. The summed E-state index contributed by atoms with van der Waals surface area (Å²) in [5.74, 6) is 0.228. The molecular weight excluding hydrogens is 549 g/mol. The van der Waals surface area contributed by atoms with Gasteiger partial charge in [0.05, 0.1) is 22.4 Å². The van der Waals surface area contributed by atoms with Gasteiger partial charge >= 0.3 is 0 Å². The average molecular weight is 571 g/mol. The standard InChI is InChI=1S/C22H22BrCl2N5O2S/c1-11-12(2)18(8-7-16(11)23)27-19(31)10-33-22-29-28-20(30(22)4)13(3)26-21(32)15-6-5-14(24)9-17(15)25/h5-9,13H,10H2,1-4H3,(H,26,32)(H,27,31)/t13-/m1/s1. The Morgan fingerprint density at radius 2 is 1.88 bits per heavy atom. The van der Waals surface area contributed by atoms with Crippen molar-refractivity contribution in [2.75, 3.05) is 11.1 Å². The monoisotopic (exact) mass is 569 g/mol. The number of halogens is 3. The number of rotatable bonds is 7. The van der Waals surface area contributed by atoms with Crippen molar-refractivity contribution in [1.29, 1.82) is 0 Å². The Hall–Kier alpha value is -2.07. The Morgan fingerprint density at radius 3 is 2.58 bits per heavy atom. The van der Waals surface area contributed by atoms with Crippen LogP contribution in [-0.2, 0) is 11.8 Å². The topological polar surface area (TPSA) is 88.9 Å². The zero-order chi connectivity index (χ0) is 24.3. The zero-order valence-corrected chi connectivity index (χ0v) is 22.3. The minimum absolute atomic E-state index is 0.145. The summed E-state index contributed by atoms with van der Waals surface area (Å²) < 4.78 is 2.75. The SMILES string of the molecule is Cc1c(Br)ccc(NC(=O)CSc2nnc([C@@H](C)NC(=O)c3ccc(Cl)cc3Cl)n2C)c1C. The van der Waals surface area contributed by atoms with Crippen LogP contribution < -0.4 is 10.6 Å². The molecule has 0 aliphatic heterocycles. The maximum atomic E-state index is 12.6. The first-order chi connectivity index (χ1) is 15.6. The molecule has 0 saturated carbocycles. The average Bonchev–Trinajstić information content (AvgIpc) is 3.13. The summed E-state index contributed by atoms with van der Waals surface area (Å²) in [6.45, 7) is 5.75. The van der Waals surface area contributed by atoms with Crippen LogP contribution in [0.25, 0.3) is 0 Å². The molecule has 0 saturated heterocycles. The fourth-order valence-corrected chi connectivity index (χ4v) is 4.72. The number of benzene rings is 2. The Morgan fingerprint density at radius 1 is 1.15 bits per heavy atom. The van der Waals surface area contributed by atoms with Crippen molar-refractivity contribution in [1.82, 2.24) is 20.1 Å². The molecule has 3 rings (SSSR count). The number of hydrogen-bond acceptors (Lipinski definition) is 5. The molecule has 0 spiro atoms. The molecular formula is C22H22BrCl2N5O2S. The van der Waals surface area contributed by atoms with E-state index in [0.717, 1.165) is 21.3 Å². The van der Waals surface area contributed by atoms with Gasteiger partial charge < -0.3 is 15.2 Å². The Bertz CT molecular complexity index is 1220. The molecule has 33 heavy (non-hydrogen) atoms. The van der Waals surface area contributed by atoms with Crippen LogP contribution in [0.3, 0.4) is 0 Å². The van der Waals surface area contributed by atoms with Crippen molar-refractivity contribution in [3.8, 4) is 0 Å². The number of aromatic nitrogens is 3. The summed E-state index contributed by atoms with van der Waals surface area (Å²) in [6.07, 6.45) is 0. The summed E-state index contributed by atoms with van der Waals surface area (Å²) in [5, 5.41) is 15.4. The van der Waals surface area contributed by atoms with Gasteiger partial charge in [0.1, 0.15) is 0 Å². The highest BCUT2D eigenvalue weighted by molar-refractivity contribution is 9.10. The first kappa shape index (κ1) is 25.6. The quantitative estimate of drug-likeness (QED) is 0.354. The number of nitrogens with one attached hydrogen (secondary N) is 2. The number of carbonyl (C=O) groups is 2. The van der Waals surface area contributed by atoms with Crippen molar-refractivity contribution in [3.63, 3.8) is 0 Å². The van der Waals surface area contributed by atoms with E-state index in [4.69, 9.17) is 23.2 Å².